The molecule has 0 spiro atoms. The number of hydrogen-bond acceptors (Lipinski definition) is 3. The molecule has 0 bridgehead atoms. The normalized spacial score (nSPS) is 12.0. The molecule has 1 N–H and O–H groups in total. The highest BCUT2D eigenvalue weighted by Gasteiger charge is 2.16. The van der Waals surface area contributed by atoms with E-state index in [1.54, 1.807) is 18.2 Å². The molecule has 0 aliphatic rings. The van der Waals surface area contributed by atoms with Crippen molar-refractivity contribution < 1.29 is 9.31 Å². The molecule has 1 atom stereocenters. The third kappa shape index (κ3) is 3.92. The maximum absolute atomic E-state index is 13.6. The Morgan fingerprint density at radius 1 is 1.33 bits per heavy atom. The van der Waals surface area contributed by atoms with Crippen LogP contribution in [0.2, 0.25) is 5.02 Å². The molecular formula is C15H14ClFN2O2. The topological polar surface area (TPSA) is 55.2 Å². The van der Waals surface area contributed by atoms with Crippen molar-refractivity contribution in [3.63, 3.8) is 0 Å². The van der Waals surface area contributed by atoms with E-state index in [9.17, 15) is 14.5 Å². The fourth-order valence-electron chi connectivity index (χ4n) is 2.09. The van der Waals surface area contributed by atoms with Crippen LogP contribution >= 0.6 is 11.6 Å². The molecule has 0 aromatic heterocycles. The molecule has 110 valence electrons. The lowest BCUT2D eigenvalue weighted by Crippen LogP contribution is -2.19. The molecule has 0 amide bonds. The fourth-order valence-corrected chi connectivity index (χ4v) is 2.27. The second-order valence-electron chi connectivity index (χ2n) is 4.76. The summed E-state index contributed by atoms with van der Waals surface area (Å²) in [6.07, 6.45) is 0.413. The number of benzene rings is 2. The first-order chi connectivity index (χ1) is 9.97. The molecule has 0 aliphatic heterocycles. The summed E-state index contributed by atoms with van der Waals surface area (Å²) in [5, 5.41) is 14.4. The molecule has 2 aromatic carbocycles. The van der Waals surface area contributed by atoms with Crippen molar-refractivity contribution in [1.82, 2.24) is 0 Å². The first kappa shape index (κ1) is 15.3. The SMILES string of the molecule is CC(Cc1ccccc1F)Nc1cc(Cl)ccc1[N+](=O)[O-]. The van der Waals surface area contributed by atoms with Crippen molar-refractivity contribution in [2.75, 3.05) is 5.32 Å². The van der Waals surface area contributed by atoms with Gasteiger partial charge < -0.3 is 5.32 Å². The Kier molecular flexibility index (Phi) is 4.75. The van der Waals surface area contributed by atoms with E-state index in [1.165, 1.54) is 24.3 Å². The summed E-state index contributed by atoms with van der Waals surface area (Å²) in [7, 11) is 0. The quantitative estimate of drug-likeness (QED) is 0.656. The van der Waals surface area contributed by atoms with E-state index in [-0.39, 0.29) is 17.5 Å². The Balaban J connectivity index is 2.16. The van der Waals surface area contributed by atoms with Crippen LogP contribution in [0, 0.1) is 15.9 Å². The van der Waals surface area contributed by atoms with Gasteiger partial charge in [-0.1, -0.05) is 29.8 Å². The lowest BCUT2D eigenvalue weighted by atomic mass is 10.1. The van der Waals surface area contributed by atoms with E-state index in [0.717, 1.165) is 0 Å². The lowest BCUT2D eigenvalue weighted by molar-refractivity contribution is -0.384. The third-order valence-corrected chi connectivity index (χ3v) is 3.28. The summed E-state index contributed by atoms with van der Waals surface area (Å²) in [5.74, 6) is -0.285. The lowest BCUT2D eigenvalue weighted by Gasteiger charge is -2.16. The molecule has 0 saturated carbocycles. The summed E-state index contributed by atoms with van der Waals surface area (Å²) in [6.45, 7) is 1.83. The highest BCUT2D eigenvalue weighted by Crippen LogP contribution is 2.28. The van der Waals surface area contributed by atoms with Crippen LogP contribution in [-0.2, 0) is 6.42 Å². The Hall–Kier alpha value is -2.14. The van der Waals surface area contributed by atoms with Crippen LogP contribution in [0.15, 0.2) is 42.5 Å². The summed E-state index contributed by atoms with van der Waals surface area (Å²) < 4.78 is 13.6. The van der Waals surface area contributed by atoms with Crippen molar-refractivity contribution in [2.24, 2.45) is 0 Å². The number of nitro benzene ring substituents is 1. The molecule has 6 heteroatoms. The zero-order valence-electron chi connectivity index (χ0n) is 11.3. The number of nitrogens with one attached hydrogen (secondary N) is 1. The minimum absolute atomic E-state index is 0.0558. The number of rotatable bonds is 5. The maximum atomic E-state index is 13.6. The smallest absolute Gasteiger partial charge is 0.292 e. The highest BCUT2D eigenvalue weighted by atomic mass is 35.5. The van der Waals surface area contributed by atoms with E-state index in [2.05, 4.69) is 5.32 Å². The van der Waals surface area contributed by atoms with Gasteiger partial charge in [-0.25, -0.2) is 4.39 Å². The molecule has 2 aromatic rings. The molecule has 0 aliphatic carbocycles. The van der Waals surface area contributed by atoms with Gasteiger partial charge in [0, 0.05) is 17.1 Å². The number of nitro groups is 1. The van der Waals surface area contributed by atoms with Gasteiger partial charge in [-0.2, -0.15) is 0 Å². The number of hydrogen-bond donors (Lipinski definition) is 1. The van der Waals surface area contributed by atoms with Gasteiger partial charge in [0.1, 0.15) is 11.5 Å². The molecule has 0 radical (unpaired) electrons. The minimum Gasteiger partial charge on any atom is -0.377 e. The van der Waals surface area contributed by atoms with E-state index in [1.807, 2.05) is 6.92 Å². The van der Waals surface area contributed by atoms with E-state index >= 15 is 0 Å². The highest BCUT2D eigenvalue weighted by molar-refractivity contribution is 6.31. The van der Waals surface area contributed by atoms with Crippen LogP contribution in [0.4, 0.5) is 15.8 Å². The van der Waals surface area contributed by atoms with Crippen molar-refractivity contribution in [3.05, 3.63) is 69.0 Å². The number of nitrogens with zero attached hydrogens (tertiary/aromatic N) is 1. The molecule has 0 saturated heterocycles. The van der Waals surface area contributed by atoms with Crippen LogP contribution in [0.25, 0.3) is 0 Å². The molecular weight excluding hydrogens is 295 g/mol. The van der Waals surface area contributed by atoms with Crippen LogP contribution in [-0.4, -0.2) is 11.0 Å². The van der Waals surface area contributed by atoms with Crippen LogP contribution in [0.5, 0.6) is 0 Å². The Morgan fingerprint density at radius 2 is 2.05 bits per heavy atom. The number of anilines is 1. The van der Waals surface area contributed by atoms with Gasteiger partial charge in [0.2, 0.25) is 0 Å². The van der Waals surface area contributed by atoms with Gasteiger partial charge in [0.25, 0.3) is 5.69 Å². The molecule has 2 rings (SSSR count). The van der Waals surface area contributed by atoms with Gasteiger partial charge in [-0.05, 0) is 37.1 Å². The molecule has 1 unspecified atom stereocenters. The Labute approximate surface area is 126 Å². The van der Waals surface area contributed by atoms with Gasteiger partial charge in [-0.3, -0.25) is 10.1 Å². The van der Waals surface area contributed by atoms with Crippen molar-refractivity contribution >= 4 is 23.0 Å². The van der Waals surface area contributed by atoms with Crippen LogP contribution in [0.3, 0.4) is 0 Å². The zero-order valence-corrected chi connectivity index (χ0v) is 12.1. The minimum atomic E-state index is -0.478. The van der Waals surface area contributed by atoms with Crippen molar-refractivity contribution in [2.45, 2.75) is 19.4 Å². The standard InChI is InChI=1S/C15H14ClFN2O2/c1-10(8-11-4-2-3-5-13(11)17)18-14-9-12(16)6-7-15(14)19(20)21/h2-7,9-10,18H,8H2,1H3. The number of halogens is 2. The Bertz CT molecular complexity index is 664. The second-order valence-corrected chi connectivity index (χ2v) is 5.20. The summed E-state index contributed by atoms with van der Waals surface area (Å²) in [5.41, 5.74) is 0.832. The predicted molar refractivity (Wildman–Crippen MR) is 81.3 cm³/mol. The monoisotopic (exact) mass is 308 g/mol. The summed E-state index contributed by atoms with van der Waals surface area (Å²) >= 11 is 5.87. The molecule has 4 nitrogen and oxygen atoms in total. The van der Waals surface area contributed by atoms with E-state index in [0.29, 0.717) is 22.7 Å². The van der Waals surface area contributed by atoms with E-state index < -0.39 is 4.92 Å². The van der Waals surface area contributed by atoms with Gasteiger partial charge >= 0.3 is 0 Å². The van der Waals surface area contributed by atoms with E-state index in [4.69, 9.17) is 11.6 Å². The van der Waals surface area contributed by atoms with Crippen LogP contribution in [0.1, 0.15) is 12.5 Å². The maximum Gasteiger partial charge on any atom is 0.292 e. The van der Waals surface area contributed by atoms with Gasteiger partial charge in [0.05, 0.1) is 4.92 Å². The Morgan fingerprint density at radius 3 is 2.71 bits per heavy atom. The molecule has 21 heavy (non-hydrogen) atoms. The predicted octanol–water partition coefficient (Wildman–Crippen LogP) is 4.43. The first-order valence-electron chi connectivity index (χ1n) is 6.41. The zero-order chi connectivity index (χ0) is 15.4. The second kappa shape index (κ2) is 6.54. The summed E-state index contributed by atoms with van der Waals surface area (Å²) in [4.78, 5) is 10.5. The average Bonchev–Trinajstić information content (AvgIpc) is 2.41. The van der Waals surface area contributed by atoms with Crippen LogP contribution < -0.4 is 5.32 Å². The van der Waals surface area contributed by atoms with Crippen molar-refractivity contribution in [3.8, 4) is 0 Å². The first-order valence-corrected chi connectivity index (χ1v) is 6.79. The van der Waals surface area contributed by atoms with Crippen molar-refractivity contribution in [1.29, 1.82) is 0 Å². The summed E-state index contributed by atoms with van der Waals surface area (Å²) in [6, 6.07) is 10.6. The van der Waals surface area contributed by atoms with Gasteiger partial charge in [-0.15, -0.1) is 0 Å². The average molecular weight is 309 g/mol. The third-order valence-electron chi connectivity index (χ3n) is 3.04. The molecule has 0 heterocycles. The van der Waals surface area contributed by atoms with Gasteiger partial charge in [0.15, 0.2) is 0 Å². The molecule has 0 fully saturated rings. The largest absolute Gasteiger partial charge is 0.377 e. The fraction of sp³-hybridized carbons (Fsp3) is 0.200.